The Bertz CT molecular complexity index is 1230. The molecule has 162 valence electrons. The van der Waals surface area contributed by atoms with Gasteiger partial charge in [0.15, 0.2) is 5.65 Å². The van der Waals surface area contributed by atoms with E-state index < -0.39 is 0 Å². The number of ether oxygens (including phenoxy) is 1. The van der Waals surface area contributed by atoms with E-state index in [2.05, 4.69) is 10.3 Å². The molecule has 1 aliphatic rings. The van der Waals surface area contributed by atoms with Crippen molar-refractivity contribution in [3.63, 3.8) is 0 Å². The summed E-state index contributed by atoms with van der Waals surface area (Å²) in [6.45, 7) is 1.69. The van der Waals surface area contributed by atoms with Crippen LogP contribution in [0.3, 0.4) is 0 Å². The van der Waals surface area contributed by atoms with Gasteiger partial charge in [-0.05, 0) is 67.8 Å². The fraction of sp³-hybridized carbons (Fsp3) is 0.240. The summed E-state index contributed by atoms with van der Waals surface area (Å²) in [7, 11) is 1.65. The van der Waals surface area contributed by atoms with Crippen LogP contribution < -0.4 is 10.1 Å². The van der Waals surface area contributed by atoms with E-state index in [-0.39, 0.29) is 5.91 Å². The molecule has 0 radical (unpaired) electrons. The molecule has 0 bridgehead atoms. The number of fused-ring (bicyclic) bond motifs is 1. The third-order valence-electron chi connectivity index (χ3n) is 5.83. The summed E-state index contributed by atoms with van der Waals surface area (Å²) in [5.74, 6) is 1.74. The van der Waals surface area contributed by atoms with E-state index in [1.54, 1.807) is 19.5 Å². The Morgan fingerprint density at radius 2 is 1.75 bits per heavy atom. The first-order valence-electron chi connectivity index (χ1n) is 10.9. The van der Waals surface area contributed by atoms with Crippen LogP contribution >= 0.6 is 0 Å². The summed E-state index contributed by atoms with van der Waals surface area (Å²) in [5, 5.41) is 3.48. The standard InChI is InChI=1S/C25H25N5O2/c1-32-21-11-7-18(8-12-21)23-24(30-16-13-26-17-22(30)28-23)27-20-9-5-19(6-10-20)25(31)29-14-3-2-4-15-29/h5-13,16-17,27H,2-4,14-15H2,1H3. The smallest absolute Gasteiger partial charge is 0.253 e. The van der Waals surface area contributed by atoms with Crippen molar-refractivity contribution in [2.45, 2.75) is 19.3 Å². The normalized spacial score (nSPS) is 13.8. The second-order valence-corrected chi connectivity index (χ2v) is 7.90. The Morgan fingerprint density at radius 3 is 2.47 bits per heavy atom. The highest BCUT2D eigenvalue weighted by Crippen LogP contribution is 2.32. The van der Waals surface area contributed by atoms with E-state index >= 15 is 0 Å². The summed E-state index contributed by atoms with van der Waals surface area (Å²) in [4.78, 5) is 23.7. The average molecular weight is 428 g/mol. The summed E-state index contributed by atoms with van der Waals surface area (Å²) >= 11 is 0. The number of piperidine rings is 1. The molecule has 1 amide bonds. The molecule has 0 saturated carbocycles. The predicted molar refractivity (Wildman–Crippen MR) is 124 cm³/mol. The summed E-state index contributed by atoms with van der Waals surface area (Å²) < 4.78 is 7.25. The summed E-state index contributed by atoms with van der Waals surface area (Å²) in [6, 6.07) is 15.5. The molecule has 1 N–H and O–H groups in total. The molecule has 0 atom stereocenters. The summed E-state index contributed by atoms with van der Waals surface area (Å²) in [6.07, 6.45) is 8.73. The number of carbonyl (C=O) groups is 1. The van der Waals surface area contributed by atoms with Crippen molar-refractivity contribution in [1.82, 2.24) is 19.3 Å². The van der Waals surface area contributed by atoms with Crippen LogP contribution in [0.15, 0.2) is 67.1 Å². The first kappa shape index (κ1) is 20.1. The zero-order valence-corrected chi connectivity index (χ0v) is 18.0. The van der Waals surface area contributed by atoms with Crippen molar-refractivity contribution in [3.8, 4) is 17.0 Å². The number of aromatic nitrogens is 3. The van der Waals surface area contributed by atoms with Crippen LogP contribution in [0.4, 0.5) is 11.5 Å². The van der Waals surface area contributed by atoms with Crippen LogP contribution in [-0.2, 0) is 0 Å². The Morgan fingerprint density at radius 1 is 1.00 bits per heavy atom. The molecule has 0 aliphatic carbocycles. The minimum absolute atomic E-state index is 0.107. The number of nitrogens with one attached hydrogen (secondary N) is 1. The number of benzene rings is 2. The van der Waals surface area contributed by atoms with Crippen molar-refractivity contribution >= 4 is 23.1 Å². The molecule has 5 rings (SSSR count). The van der Waals surface area contributed by atoms with E-state index in [4.69, 9.17) is 9.72 Å². The van der Waals surface area contributed by atoms with E-state index in [1.165, 1.54) is 6.42 Å². The third kappa shape index (κ3) is 3.89. The Balaban J connectivity index is 1.45. The minimum atomic E-state index is 0.107. The van der Waals surface area contributed by atoms with Crippen molar-refractivity contribution in [2.24, 2.45) is 0 Å². The van der Waals surface area contributed by atoms with Crippen molar-refractivity contribution in [2.75, 3.05) is 25.5 Å². The molecule has 1 fully saturated rings. The molecule has 7 nitrogen and oxygen atoms in total. The third-order valence-corrected chi connectivity index (χ3v) is 5.83. The molecule has 1 saturated heterocycles. The first-order valence-corrected chi connectivity index (χ1v) is 10.9. The van der Waals surface area contributed by atoms with Crippen molar-refractivity contribution in [1.29, 1.82) is 0 Å². The van der Waals surface area contributed by atoms with Gasteiger partial charge < -0.3 is 15.0 Å². The molecule has 32 heavy (non-hydrogen) atoms. The number of anilines is 2. The maximum Gasteiger partial charge on any atom is 0.253 e. The number of nitrogens with zero attached hydrogens (tertiary/aromatic N) is 4. The van der Waals surface area contributed by atoms with E-state index in [0.29, 0.717) is 0 Å². The molecule has 7 heteroatoms. The lowest BCUT2D eigenvalue weighted by atomic mass is 10.1. The average Bonchev–Trinajstić information content (AvgIpc) is 3.23. The van der Waals surface area contributed by atoms with E-state index in [9.17, 15) is 4.79 Å². The van der Waals surface area contributed by atoms with Crippen LogP contribution in [0, 0.1) is 0 Å². The van der Waals surface area contributed by atoms with Gasteiger partial charge in [-0.2, -0.15) is 0 Å². The number of likely N-dealkylation sites (tertiary alicyclic amines) is 1. The number of hydrogen-bond donors (Lipinski definition) is 1. The van der Waals surface area contributed by atoms with Gasteiger partial charge >= 0.3 is 0 Å². The lowest BCUT2D eigenvalue weighted by molar-refractivity contribution is 0.0724. The van der Waals surface area contributed by atoms with Gasteiger partial charge in [-0.25, -0.2) is 4.98 Å². The summed E-state index contributed by atoms with van der Waals surface area (Å²) in [5.41, 5.74) is 4.13. The maximum absolute atomic E-state index is 12.8. The van der Waals surface area contributed by atoms with Gasteiger partial charge in [0.05, 0.1) is 13.3 Å². The van der Waals surface area contributed by atoms with Gasteiger partial charge in [-0.15, -0.1) is 0 Å². The molecular formula is C25H25N5O2. The highest BCUT2D eigenvalue weighted by atomic mass is 16.5. The predicted octanol–water partition coefficient (Wildman–Crippen LogP) is 4.77. The lowest BCUT2D eigenvalue weighted by Crippen LogP contribution is -2.35. The number of amides is 1. The fourth-order valence-corrected chi connectivity index (χ4v) is 4.09. The molecule has 4 aromatic rings. The molecule has 0 spiro atoms. The van der Waals surface area contributed by atoms with E-state index in [1.807, 2.05) is 64.0 Å². The molecular weight excluding hydrogens is 402 g/mol. The quantitative estimate of drug-likeness (QED) is 0.497. The number of methoxy groups -OCH3 is 1. The molecule has 1 aliphatic heterocycles. The Kier molecular flexibility index (Phi) is 5.46. The fourth-order valence-electron chi connectivity index (χ4n) is 4.09. The van der Waals surface area contributed by atoms with Crippen LogP contribution in [0.25, 0.3) is 16.9 Å². The Hall–Kier alpha value is -3.87. The van der Waals surface area contributed by atoms with Gasteiger partial charge in [0.1, 0.15) is 17.3 Å². The van der Waals surface area contributed by atoms with Crippen LogP contribution in [-0.4, -0.2) is 45.4 Å². The number of carbonyl (C=O) groups excluding carboxylic acids is 1. The van der Waals surface area contributed by atoms with Gasteiger partial charge in [-0.1, -0.05) is 0 Å². The number of imidazole rings is 1. The van der Waals surface area contributed by atoms with Crippen LogP contribution in [0.2, 0.25) is 0 Å². The SMILES string of the molecule is COc1ccc(-c2nc3cnccn3c2Nc2ccc(C(=O)N3CCCCC3)cc2)cc1. The lowest BCUT2D eigenvalue weighted by Gasteiger charge is -2.26. The Labute approximate surface area is 186 Å². The van der Waals surface area contributed by atoms with Gasteiger partial charge in [0.25, 0.3) is 5.91 Å². The van der Waals surface area contributed by atoms with Crippen LogP contribution in [0.5, 0.6) is 5.75 Å². The molecule has 2 aromatic heterocycles. The zero-order valence-electron chi connectivity index (χ0n) is 18.0. The van der Waals surface area contributed by atoms with Crippen molar-refractivity contribution < 1.29 is 9.53 Å². The van der Waals surface area contributed by atoms with Gasteiger partial charge in [-0.3, -0.25) is 14.2 Å². The second kappa shape index (κ2) is 8.70. The largest absolute Gasteiger partial charge is 0.497 e. The second-order valence-electron chi connectivity index (χ2n) is 7.90. The molecule has 0 unspecified atom stereocenters. The first-order chi connectivity index (χ1) is 15.7. The van der Waals surface area contributed by atoms with Crippen molar-refractivity contribution in [3.05, 3.63) is 72.7 Å². The van der Waals surface area contributed by atoms with E-state index in [0.717, 1.165) is 65.7 Å². The van der Waals surface area contributed by atoms with Crippen LogP contribution in [0.1, 0.15) is 29.6 Å². The molecule has 2 aromatic carbocycles. The number of hydrogen-bond acceptors (Lipinski definition) is 5. The number of rotatable bonds is 5. The topological polar surface area (TPSA) is 71.8 Å². The monoisotopic (exact) mass is 427 g/mol. The highest BCUT2D eigenvalue weighted by molar-refractivity contribution is 5.94. The highest BCUT2D eigenvalue weighted by Gasteiger charge is 2.19. The van der Waals surface area contributed by atoms with Gasteiger partial charge in [0.2, 0.25) is 0 Å². The zero-order chi connectivity index (χ0) is 21.9. The van der Waals surface area contributed by atoms with Gasteiger partial charge in [0, 0.05) is 42.3 Å². The minimum Gasteiger partial charge on any atom is -0.497 e. The molecule has 3 heterocycles. The maximum atomic E-state index is 12.8.